The third-order valence-electron chi connectivity index (χ3n) is 6.31. The SMILES string of the molecule is COC(=O)c1ccc(-c2cn(C(C)c3ccccc3)c3cc(-c4c(C)noc4C)cnc23)cc1. The zero-order valence-electron chi connectivity index (χ0n) is 19.6. The number of aryl methyl sites for hydroxylation is 2. The summed E-state index contributed by atoms with van der Waals surface area (Å²) in [7, 11) is 1.38. The second-order valence-electron chi connectivity index (χ2n) is 8.40. The molecule has 5 aromatic rings. The molecule has 1 unspecified atom stereocenters. The van der Waals surface area contributed by atoms with E-state index in [1.54, 1.807) is 12.1 Å². The Labute approximate surface area is 197 Å². The molecule has 0 fully saturated rings. The molecule has 0 saturated carbocycles. The first-order valence-electron chi connectivity index (χ1n) is 11.2. The highest BCUT2D eigenvalue weighted by Crippen LogP contribution is 2.36. The quantitative estimate of drug-likeness (QED) is 0.290. The number of hydrogen-bond donors (Lipinski definition) is 0. The molecule has 34 heavy (non-hydrogen) atoms. The summed E-state index contributed by atoms with van der Waals surface area (Å²) in [5.41, 5.74) is 8.38. The molecule has 0 aliphatic carbocycles. The summed E-state index contributed by atoms with van der Waals surface area (Å²) in [6.45, 7) is 6.04. The second kappa shape index (κ2) is 8.63. The van der Waals surface area contributed by atoms with E-state index in [4.69, 9.17) is 14.2 Å². The fourth-order valence-electron chi connectivity index (χ4n) is 4.49. The van der Waals surface area contributed by atoms with Crippen LogP contribution < -0.4 is 0 Å². The molecule has 6 nitrogen and oxygen atoms in total. The van der Waals surface area contributed by atoms with Crippen LogP contribution in [0.5, 0.6) is 0 Å². The second-order valence-corrected chi connectivity index (χ2v) is 8.40. The molecular weight excluding hydrogens is 426 g/mol. The van der Waals surface area contributed by atoms with E-state index in [1.165, 1.54) is 12.7 Å². The van der Waals surface area contributed by atoms with Crippen molar-refractivity contribution in [3.05, 3.63) is 95.6 Å². The van der Waals surface area contributed by atoms with Crippen LogP contribution in [0.15, 0.2) is 77.6 Å². The molecule has 0 spiro atoms. The Morgan fingerprint density at radius 3 is 2.41 bits per heavy atom. The number of esters is 1. The lowest BCUT2D eigenvalue weighted by Gasteiger charge is -2.16. The molecule has 1 atom stereocenters. The fourth-order valence-corrected chi connectivity index (χ4v) is 4.49. The van der Waals surface area contributed by atoms with Crippen LogP contribution in [-0.4, -0.2) is 27.8 Å². The summed E-state index contributed by atoms with van der Waals surface area (Å²) < 4.78 is 12.5. The van der Waals surface area contributed by atoms with Crippen molar-refractivity contribution >= 4 is 17.0 Å². The Bertz CT molecular complexity index is 1460. The van der Waals surface area contributed by atoms with Crippen LogP contribution in [0, 0.1) is 13.8 Å². The highest BCUT2D eigenvalue weighted by atomic mass is 16.5. The van der Waals surface area contributed by atoms with Gasteiger partial charge in [0, 0.05) is 29.1 Å². The van der Waals surface area contributed by atoms with Gasteiger partial charge in [0.15, 0.2) is 0 Å². The van der Waals surface area contributed by atoms with Gasteiger partial charge in [-0.25, -0.2) is 4.79 Å². The molecule has 0 amide bonds. The van der Waals surface area contributed by atoms with E-state index < -0.39 is 0 Å². The van der Waals surface area contributed by atoms with E-state index >= 15 is 0 Å². The van der Waals surface area contributed by atoms with Crippen LogP contribution in [0.1, 0.15) is 40.3 Å². The van der Waals surface area contributed by atoms with Crippen LogP contribution in [-0.2, 0) is 4.74 Å². The van der Waals surface area contributed by atoms with Crippen LogP contribution in [0.2, 0.25) is 0 Å². The molecule has 0 bridgehead atoms. The first-order chi connectivity index (χ1) is 16.5. The van der Waals surface area contributed by atoms with Crippen molar-refractivity contribution < 1.29 is 14.1 Å². The van der Waals surface area contributed by atoms with Gasteiger partial charge >= 0.3 is 5.97 Å². The standard InChI is InChI=1S/C28H25N3O3/c1-17-26(19(3)34-30-17)23-14-25-27(29-15-23)24(21-10-12-22(13-11-21)28(32)33-4)16-31(25)18(2)20-8-6-5-7-9-20/h5-16,18H,1-4H3. The van der Waals surface area contributed by atoms with E-state index in [0.717, 1.165) is 44.7 Å². The van der Waals surface area contributed by atoms with Gasteiger partial charge in [-0.3, -0.25) is 4.98 Å². The van der Waals surface area contributed by atoms with Crippen molar-refractivity contribution in [2.75, 3.05) is 7.11 Å². The number of nitrogens with zero attached hydrogens (tertiary/aromatic N) is 3. The molecule has 5 rings (SSSR count). The molecule has 3 heterocycles. The predicted molar refractivity (Wildman–Crippen MR) is 132 cm³/mol. The molecule has 0 saturated heterocycles. The van der Waals surface area contributed by atoms with Crippen molar-refractivity contribution in [1.29, 1.82) is 0 Å². The third kappa shape index (κ3) is 3.67. The van der Waals surface area contributed by atoms with E-state index in [0.29, 0.717) is 5.56 Å². The van der Waals surface area contributed by atoms with Crippen LogP contribution in [0.4, 0.5) is 0 Å². The van der Waals surface area contributed by atoms with Gasteiger partial charge in [-0.2, -0.15) is 0 Å². The fraction of sp³-hybridized carbons (Fsp3) is 0.179. The Morgan fingerprint density at radius 1 is 1.03 bits per heavy atom. The third-order valence-corrected chi connectivity index (χ3v) is 6.31. The van der Waals surface area contributed by atoms with E-state index in [2.05, 4.69) is 53.2 Å². The van der Waals surface area contributed by atoms with Gasteiger partial charge < -0.3 is 13.8 Å². The average molecular weight is 452 g/mol. The molecule has 3 aromatic heterocycles. The molecular formula is C28H25N3O3. The number of aromatic nitrogens is 3. The highest BCUT2D eigenvalue weighted by Gasteiger charge is 2.20. The van der Waals surface area contributed by atoms with Gasteiger partial charge in [-0.15, -0.1) is 0 Å². The van der Waals surface area contributed by atoms with E-state index in [9.17, 15) is 4.79 Å². The minimum absolute atomic E-state index is 0.0912. The number of ether oxygens (including phenoxy) is 1. The summed E-state index contributed by atoms with van der Waals surface area (Å²) in [5.74, 6) is 0.417. The van der Waals surface area contributed by atoms with Gasteiger partial charge in [-0.1, -0.05) is 47.6 Å². The molecule has 0 aliphatic rings. The number of fused-ring (bicyclic) bond motifs is 1. The minimum atomic E-state index is -0.353. The van der Waals surface area contributed by atoms with Crippen molar-refractivity contribution in [3.8, 4) is 22.3 Å². The van der Waals surface area contributed by atoms with Gasteiger partial charge in [0.05, 0.1) is 35.4 Å². The zero-order chi connectivity index (χ0) is 23.8. The molecule has 0 aliphatic heterocycles. The number of hydrogen-bond acceptors (Lipinski definition) is 5. The summed E-state index contributed by atoms with van der Waals surface area (Å²) in [4.78, 5) is 16.8. The summed E-state index contributed by atoms with van der Waals surface area (Å²) in [6, 6.07) is 20.1. The number of carbonyl (C=O) groups is 1. The van der Waals surface area contributed by atoms with Gasteiger partial charge in [0.1, 0.15) is 5.76 Å². The monoisotopic (exact) mass is 451 g/mol. The van der Waals surface area contributed by atoms with Crippen LogP contribution in [0.3, 0.4) is 0 Å². The lowest BCUT2D eigenvalue weighted by Crippen LogP contribution is -2.05. The van der Waals surface area contributed by atoms with Crippen molar-refractivity contribution in [3.63, 3.8) is 0 Å². The maximum absolute atomic E-state index is 11.9. The number of rotatable bonds is 5. The van der Waals surface area contributed by atoms with Crippen molar-refractivity contribution in [2.24, 2.45) is 0 Å². The molecule has 6 heteroatoms. The van der Waals surface area contributed by atoms with Crippen molar-refractivity contribution in [1.82, 2.24) is 14.7 Å². The number of carbonyl (C=O) groups excluding carboxylic acids is 1. The number of methoxy groups -OCH3 is 1. The average Bonchev–Trinajstić information content (AvgIpc) is 3.42. The maximum Gasteiger partial charge on any atom is 0.337 e. The van der Waals surface area contributed by atoms with Crippen LogP contribution in [0.25, 0.3) is 33.3 Å². The highest BCUT2D eigenvalue weighted by molar-refractivity contribution is 5.96. The Kier molecular flexibility index (Phi) is 5.49. The van der Waals surface area contributed by atoms with Gasteiger partial charge in [0.25, 0.3) is 0 Å². The Balaban J connectivity index is 1.70. The summed E-state index contributed by atoms with van der Waals surface area (Å²) >= 11 is 0. The lowest BCUT2D eigenvalue weighted by atomic mass is 10.0. The molecule has 0 radical (unpaired) electrons. The van der Waals surface area contributed by atoms with E-state index in [-0.39, 0.29) is 12.0 Å². The lowest BCUT2D eigenvalue weighted by molar-refractivity contribution is 0.0600. The maximum atomic E-state index is 11.9. The molecule has 0 N–H and O–H groups in total. The van der Waals surface area contributed by atoms with Crippen molar-refractivity contribution in [2.45, 2.75) is 26.8 Å². The molecule has 170 valence electrons. The largest absolute Gasteiger partial charge is 0.465 e. The summed E-state index contributed by atoms with van der Waals surface area (Å²) in [5, 5.41) is 4.11. The van der Waals surface area contributed by atoms with Crippen LogP contribution >= 0.6 is 0 Å². The summed E-state index contributed by atoms with van der Waals surface area (Å²) in [6.07, 6.45) is 4.01. The van der Waals surface area contributed by atoms with Gasteiger partial charge in [-0.05, 0) is 50.1 Å². The first-order valence-corrected chi connectivity index (χ1v) is 11.2. The smallest absolute Gasteiger partial charge is 0.337 e. The normalized spacial score (nSPS) is 12.1. The minimum Gasteiger partial charge on any atom is -0.465 e. The van der Waals surface area contributed by atoms with E-state index in [1.807, 2.05) is 38.2 Å². The zero-order valence-corrected chi connectivity index (χ0v) is 19.6. The predicted octanol–water partition coefficient (Wildman–Crippen LogP) is 6.37. The Hall–Kier alpha value is -4.19. The number of benzene rings is 2. The van der Waals surface area contributed by atoms with Gasteiger partial charge in [0.2, 0.25) is 0 Å². The first kappa shape index (κ1) is 21.6. The molecule has 2 aromatic carbocycles. The topological polar surface area (TPSA) is 70.2 Å². The Morgan fingerprint density at radius 2 is 1.76 bits per heavy atom. The number of pyridine rings is 1.